The summed E-state index contributed by atoms with van der Waals surface area (Å²) in [7, 11) is 1.61. The maximum absolute atomic E-state index is 12.1. The average Bonchev–Trinajstić information content (AvgIpc) is 2.79. The molecule has 3 rings (SSSR count). The number of methoxy groups -OCH3 is 1. The minimum atomic E-state index is -0.384. The van der Waals surface area contributed by atoms with Crippen LogP contribution in [0.4, 0.5) is 0 Å². The normalized spacial score (nSPS) is 11.1. The number of nitrogens with zero attached hydrogens (tertiary/aromatic N) is 1. The maximum atomic E-state index is 12.1. The Morgan fingerprint density at radius 1 is 1.07 bits per heavy atom. The summed E-state index contributed by atoms with van der Waals surface area (Å²) in [5.41, 5.74) is 1.95. The Hall–Kier alpha value is -3.62. The SMILES string of the molecule is COCCCNC(=O)/C(C#N)=C/c1ccc(OCc2cccc3ccccc23)cc1. The van der Waals surface area contributed by atoms with Gasteiger partial charge < -0.3 is 14.8 Å². The molecule has 0 fully saturated rings. The van der Waals surface area contributed by atoms with Crippen LogP contribution in [0.25, 0.3) is 16.8 Å². The Kier molecular flexibility index (Phi) is 7.59. The summed E-state index contributed by atoms with van der Waals surface area (Å²) >= 11 is 0. The highest BCUT2D eigenvalue weighted by Gasteiger charge is 2.08. The lowest BCUT2D eigenvalue weighted by atomic mass is 10.1. The van der Waals surface area contributed by atoms with Crippen molar-refractivity contribution in [3.05, 3.63) is 83.4 Å². The Morgan fingerprint density at radius 3 is 2.60 bits per heavy atom. The third-order valence-corrected chi connectivity index (χ3v) is 4.64. The zero-order chi connectivity index (χ0) is 21.2. The number of hydrogen-bond donors (Lipinski definition) is 1. The predicted octanol–water partition coefficient (Wildman–Crippen LogP) is 4.48. The number of amides is 1. The van der Waals surface area contributed by atoms with Gasteiger partial charge in [-0.3, -0.25) is 4.79 Å². The van der Waals surface area contributed by atoms with Crippen molar-refractivity contribution in [2.45, 2.75) is 13.0 Å². The molecule has 5 nitrogen and oxygen atoms in total. The molecule has 0 heterocycles. The van der Waals surface area contributed by atoms with Crippen LogP contribution in [0.3, 0.4) is 0 Å². The van der Waals surface area contributed by atoms with Gasteiger partial charge in [0.1, 0.15) is 24.0 Å². The van der Waals surface area contributed by atoms with Crippen LogP contribution in [-0.2, 0) is 16.1 Å². The molecule has 0 radical (unpaired) electrons. The van der Waals surface area contributed by atoms with E-state index < -0.39 is 0 Å². The van der Waals surface area contributed by atoms with E-state index in [0.29, 0.717) is 26.2 Å². The first-order valence-corrected chi connectivity index (χ1v) is 9.79. The molecule has 3 aromatic carbocycles. The van der Waals surface area contributed by atoms with Crippen molar-refractivity contribution in [2.75, 3.05) is 20.3 Å². The third-order valence-electron chi connectivity index (χ3n) is 4.64. The van der Waals surface area contributed by atoms with Crippen LogP contribution >= 0.6 is 0 Å². The van der Waals surface area contributed by atoms with Gasteiger partial charge in [-0.2, -0.15) is 5.26 Å². The van der Waals surface area contributed by atoms with Gasteiger partial charge >= 0.3 is 0 Å². The lowest BCUT2D eigenvalue weighted by Crippen LogP contribution is -2.26. The molecule has 0 saturated heterocycles. The van der Waals surface area contributed by atoms with Gasteiger partial charge in [-0.1, -0.05) is 54.6 Å². The zero-order valence-corrected chi connectivity index (χ0v) is 16.9. The fraction of sp³-hybridized carbons (Fsp3) is 0.200. The first-order chi connectivity index (χ1) is 14.7. The van der Waals surface area contributed by atoms with Gasteiger partial charge in [0.2, 0.25) is 0 Å². The third kappa shape index (κ3) is 5.69. The molecule has 0 saturated carbocycles. The van der Waals surface area contributed by atoms with Crippen LogP contribution in [0.2, 0.25) is 0 Å². The number of carbonyl (C=O) groups excluding carboxylic acids is 1. The fourth-order valence-electron chi connectivity index (χ4n) is 3.07. The highest BCUT2D eigenvalue weighted by Crippen LogP contribution is 2.21. The fourth-order valence-corrected chi connectivity index (χ4v) is 3.07. The van der Waals surface area contributed by atoms with E-state index in [1.54, 1.807) is 13.2 Å². The molecule has 152 valence electrons. The molecule has 0 atom stereocenters. The minimum absolute atomic E-state index is 0.0665. The van der Waals surface area contributed by atoms with E-state index in [1.165, 1.54) is 10.8 Å². The highest BCUT2D eigenvalue weighted by molar-refractivity contribution is 6.01. The van der Waals surface area contributed by atoms with Crippen molar-refractivity contribution < 1.29 is 14.3 Å². The van der Waals surface area contributed by atoms with Crippen LogP contribution < -0.4 is 10.1 Å². The minimum Gasteiger partial charge on any atom is -0.489 e. The van der Waals surface area contributed by atoms with Crippen LogP contribution in [0.15, 0.2) is 72.3 Å². The van der Waals surface area contributed by atoms with Gasteiger partial charge in [-0.25, -0.2) is 0 Å². The van der Waals surface area contributed by atoms with Crippen LogP contribution in [0.1, 0.15) is 17.5 Å². The summed E-state index contributed by atoms with van der Waals surface area (Å²) in [6.07, 6.45) is 2.27. The molecule has 0 aromatic heterocycles. The number of hydrogen-bond acceptors (Lipinski definition) is 4. The van der Waals surface area contributed by atoms with Gasteiger partial charge in [0, 0.05) is 20.3 Å². The largest absolute Gasteiger partial charge is 0.489 e. The number of ether oxygens (including phenoxy) is 2. The molecule has 5 heteroatoms. The molecule has 1 amide bonds. The lowest BCUT2D eigenvalue weighted by Gasteiger charge is -2.09. The van der Waals surface area contributed by atoms with Crippen molar-refractivity contribution >= 4 is 22.8 Å². The van der Waals surface area contributed by atoms with E-state index in [4.69, 9.17) is 9.47 Å². The highest BCUT2D eigenvalue weighted by atomic mass is 16.5. The molecule has 1 N–H and O–H groups in total. The summed E-state index contributed by atoms with van der Waals surface area (Å²) in [5.74, 6) is 0.340. The molecular formula is C25H24N2O3. The molecule has 0 aliphatic rings. The summed E-state index contributed by atoms with van der Waals surface area (Å²) in [5, 5.41) is 14.4. The van der Waals surface area contributed by atoms with Crippen LogP contribution in [0, 0.1) is 11.3 Å². The summed E-state index contributed by atoms with van der Waals surface area (Å²) < 4.78 is 10.9. The van der Waals surface area contributed by atoms with E-state index in [-0.39, 0.29) is 11.5 Å². The maximum Gasteiger partial charge on any atom is 0.261 e. The van der Waals surface area contributed by atoms with Crippen molar-refractivity contribution in [3.8, 4) is 11.8 Å². The monoisotopic (exact) mass is 400 g/mol. The van der Waals surface area contributed by atoms with E-state index in [0.717, 1.165) is 16.9 Å². The molecule has 0 aliphatic heterocycles. The molecule has 0 aliphatic carbocycles. The van der Waals surface area contributed by atoms with Crippen molar-refractivity contribution in [2.24, 2.45) is 0 Å². The Bertz CT molecular complexity index is 1060. The Labute approximate surface area is 176 Å². The van der Waals surface area contributed by atoms with Gasteiger partial charge in [0.05, 0.1) is 0 Å². The molecule has 0 unspecified atom stereocenters. The van der Waals surface area contributed by atoms with E-state index in [9.17, 15) is 10.1 Å². The molecule has 30 heavy (non-hydrogen) atoms. The standard InChI is InChI=1S/C25H24N2O3/c1-29-15-5-14-27-25(28)22(17-26)16-19-10-12-23(13-11-19)30-18-21-8-4-7-20-6-2-3-9-24(20)21/h2-4,6-13,16H,5,14-15,18H2,1H3,(H,27,28)/b22-16+. The predicted molar refractivity (Wildman–Crippen MR) is 118 cm³/mol. The average molecular weight is 400 g/mol. The number of rotatable bonds is 9. The molecule has 3 aromatic rings. The summed E-state index contributed by atoms with van der Waals surface area (Å²) in [4.78, 5) is 12.1. The molecular weight excluding hydrogens is 376 g/mol. The van der Waals surface area contributed by atoms with Gasteiger partial charge in [-0.15, -0.1) is 0 Å². The number of fused-ring (bicyclic) bond motifs is 1. The molecule has 0 bridgehead atoms. The smallest absolute Gasteiger partial charge is 0.261 e. The van der Waals surface area contributed by atoms with Crippen molar-refractivity contribution in [3.63, 3.8) is 0 Å². The van der Waals surface area contributed by atoms with E-state index >= 15 is 0 Å². The van der Waals surface area contributed by atoms with Crippen LogP contribution in [0.5, 0.6) is 5.75 Å². The first kappa shape index (κ1) is 21.1. The number of nitriles is 1. The zero-order valence-electron chi connectivity index (χ0n) is 16.9. The molecule has 0 spiro atoms. The van der Waals surface area contributed by atoms with Gasteiger partial charge in [-0.05, 0) is 46.5 Å². The second kappa shape index (κ2) is 10.8. The van der Waals surface area contributed by atoms with E-state index in [2.05, 4.69) is 29.6 Å². The Morgan fingerprint density at radius 2 is 1.83 bits per heavy atom. The Balaban J connectivity index is 1.62. The van der Waals surface area contributed by atoms with E-state index in [1.807, 2.05) is 48.5 Å². The van der Waals surface area contributed by atoms with Crippen LogP contribution in [-0.4, -0.2) is 26.2 Å². The summed E-state index contributed by atoms with van der Waals surface area (Å²) in [6.45, 7) is 1.49. The van der Waals surface area contributed by atoms with Gasteiger partial charge in [0.15, 0.2) is 0 Å². The van der Waals surface area contributed by atoms with Gasteiger partial charge in [0.25, 0.3) is 5.91 Å². The van der Waals surface area contributed by atoms with Crippen molar-refractivity contribution in [1.29, 1.82) is 5.26 Å². The summed E-state index contributed by atoms with van der Waals surface area (Å²) in [6, 6.07) is 23.7. The number of carbonyl (C=O) groups is 1. The lowest BCUT2D eigenvalue weighted by molar-refractivity contribution is -0.117. The first-order valence-electron chi connectivity index (χ1n) is 9.79. The topological polar surface area (TPSA) is 71.3 Å². The quantitative estimate of drug-likeness (QED) is 0.327. The second-order valence-corrected chi connectivity index (χ2v) is 6.77. The number of nitrogens with one attached hydrogen (secondary N) is 1. The second-order valence-electron chi connectivity index (χ2n) is 6.77. The number of benzene rings is 3. The van der Waals surface area contributed by atoms with Crippen molar-refractivity contribution in [1.82, 2.24) is 5.32 Å².